The number of carbonyl (C=O) groups excluding carboxylic acids is 1. The Labute approximate surface area is 187 Å². The summed E-state index contributed by atoms with van der Waals surface area (Å²) in [6.07, 6.45) is 1.39. The highest BCUT2D eigenvalue weighted by Gasteiger charge is 2.30. The van der Waals surface area contributed by atoms with Gasteiger partial charge in [0.1, 0.15) is 17.4 Å². The highest BCUT2D eigenvalue weighted by molar-refractivity contribution is 6.31. The number of nitriles is 1. The Hall–Kier alpha value is -2.82. The standard InChI is InChI=1S/C23H27ClN2O5/c1-14(29-5)9-19(22(28)31-23(2,3)4)26-13-20(30-6)18(11-21(26)27)17-10-16(24)8-7-15(17)12-25/h7-8,10-11,13-14,19H,9H2,1-6H3. The third-order valence-corrected chi connectivity index (χ3v) is 4.86. The van der Waals surface area contributed by atoms with Crippen LogP contribution in [0.15, 0.2) is 35.3 Å². The number of aromatic nitrogens is 1. The van der Waals surface area contributed by atoms with Gasteiger partial charge in [-0.15, -0.1) is 0 Å². The molecule has 0 spiro atoms. The van der Waals surface area contributed by atoms with Crippen molar-refractivity contribution in [2.24, 2.45) is 0 Å². The lowest BCUT2D eigenvalue weighted by atomic mass is 10.00. The number of hydrogen-bond donors (Lipinski definition) is 0. The molecule has 0 fully saturated rings. The third-order valence-electron chi connectivity index (χ3n) is 4.63. The van der Waals surface area contributed by atoms with Crippen LogP contribution in [-0.4, -0.2) is 36.5 Å². The highest BCUT2D eigenvalue weighted by Crippen LogP contribution is 2.34. The predicted molar refractivity (Wildman–Crippen MR) is 118 cm³/mol. The quantitative estimate of drug-likeness (QED) is 0.587. The number of benzene rings is 1. The molecular formula is C23H27ClN2O5. The van der Waals surface area contributed by atoms with Crippen molar-refractivity contribution < 1.29 is 19.0 Å². The van der Waals surface area contributed by atoms with Gasteiger partial charge in [-0.25, -0.2) is 4.79 Å². The zero-order valence-electron chi connectivity index (χ0n) is 18.6. The predicted octanol–water partition coefficient (Wildman–Crippen LogP) is 4.36. The second-order valence-electron chi connectivity index (χ2n) is 8.13. The molecule has 8 heteroatoms. The van der Waals surface area contributed by atoms with Crippen LogP contribution in [0.25, 0.3) is 11.1 Å². The van der Waals surface area contributed by atoms with E-state index in [0.717, 1.165) is 0 Å². The van der Waals surface area contributed by atoms with E-state index in [1.54, 1.807) is 45.9 Å². The average Bonchev–Trinajstić information content (AvgIpc) is 2.70. The Bertz CT molecular complexity index is 1050. The maximum atomic E-state index is 13.1. The van der Waals surface area contributed by atoms with Gasteiger partial charge in [-0.1, -0.05) is 11.6 Å². The van der Waals surface area contributed by atoms with Gasteiger partial charge in [0.2, 0.25) is 0 Å². The molecule has 7 nitrogen and oxygen atoms in total. The van der Waals surface area contributed by atoms with Crippen molar-refractivity contribution in [2.75, 3.05) is 14.2 Å². The normalized spacial score (nSPS) is 13.2. The van der Waals surface area contributed by atoms with Gasteiger partial charge < -0.3 is 14.2 Å². The molecule has 0 bridgehead atoms. The van der Waals surface area contributed by atoms with Crippen molar-refractivity contribution in [1.29, 1.82) is 5.26 Å². The van der Waals surface area contributed by atoms with Crippen LogP contribution < -0.4 is 10.3 Å². The number of methoxy groups -OCH3 is 2. The molecular weight excluding hydrogens is 420 g/mol. The first kappa shape index (κ1) is 24.4. The maximum Gasteiger partial charge on any atom is 0.329 e. The SMILES string of the molecule is COc1cn(C(CC(C)OC)C(=O)OC(C)(C)C)c(=O)cc1-c1cc(Cl)ccc1C#N. The topological polar surface area (TPSA) is 90.5 Å². The summed E-state index contributed by atoms with van der Waals surface area (Å²) in [4.78, 5) is 26.0. The first-order valence-corrected chi connectivity index (χ1v) is 10.1. The first-order valence-electron chi connectivity index (χ1n) is 9.76. The number of halogens is 1. The summed E-state index contributed by atoms with van der Waals surface area (Å²) in [6.45, 7) is 7.09. The monoisotopic (exact) mass is 446 g/mol. The molecule has 0 amide bonds. The molecule has 0 N–H and O–H groups in total. The van der Waals surface area contributed by atoms with E-state index >= 15 is 0 Å². The van der Waals surface area contributed by atoms with Crippen molar-refractivity contribution in [1.82, 2.24) is 4.57 Å². The summed E-state index contributed by atoms with van der Waals surface area (Å²) in [5.41, 5.74) is 0.0537. The molecule has 0 aliphatic heterocycles. The Kier molecular flexibility index (Phi) is 7.88. The number of esters is 1. The van der Waals surface area contributed by atoms with Gasteiger partial charge in [-0.05, 0) is 45.9 Å². The summed E-state index contributed by atoms with van der Waals surface area (Å²) in [5, 5.41) is 9.88. The molecule has 1 aromatic heterocycles. The fourth-order valence-corrected chi connectivity index (χ4v) is 3.26. The van der Waals surface area contributed by atoms with Crippen LogP contribution in [0.3, 0.4) is 0 Å². The van der Waals surface area contributed by atoms with Crippen molar-refractivity contribution in [3.63, 3.8) is 0 Å². The van der Waals surface area contributed by atoms with Gasteiger partial charge in [-0.2, -0.15) is 5.26 Å². The minimum absolute atomic E-state index is 0.231. The Morgan fingerprint density at radius 1 is 1.23 bits per heavy atom. The van der Waals surface area contributed by atoms with Gasteiger partial charge >= 0.3 is 5.97 Å². The van der Waals surface area contributed by atoms with E-state index in [9.17, 15) is 14.9 Å². The minimum atomic E-state index is -0.917. The molecule has 0 aliphatic carbocycles. The zero-order chi connectivity index (χ0) is 23.3. The number of carbonyl (C=O) groups is 1. The molecule has 2 unspecified atom stereocenters. The molecule has 0 saturated carbocycles. The fraction of sp³-hybridized carbons (Fsp3) is 0.435. The van der Waals surface area contributed by atoms with Crippen LogP contribution in [0, 0.1) is 11.3 Å². The Morgan fingerprint density at radius 3 is 2.45 bits per heavy atom. The molecule has 1 aromatic carbocycles. The second kappa shape index (κ2) is 9.99. The molecule has 0 saturated heterocycles. The number of pyridine rings is 1. The molecule has 2 aromatic rings. The first-order chi connectivity index (χ1) is 14.5. The van der Waals surface area contributed by atoms with Gasteiger partial charge in [-0.3, -0.25) is 9.36 Å². The van der Waals surface area contributed by atoms with E-state index in [2.05, 4.69) is 6.07 Å². The average molecular weight is 447 g/mol. The summed E-state index contributed by atoms with van der Waals surface area (Å²) in [6, 6.07) is 7.28. The van der Waals surface area contributed by atoms with Crippen molar-refractivity contribution in [3.8, 4) is 22.9 Å². The van der Waals surface area contributed by atoms with Gasteiger partial charge in [0.25, 0.3) is 5.56 Å². The van der Waals surface area contributed by atoms with Crippen LogP contribution >= 0.6 is 11.6 Å². The molecule has 2 atom stereocenters. The lowest BCUT2D eigenvalue weighted by Gasteiger charge is -2.27. The third kappa shape index (κ3) is 6.09. The van der Waals surface area contributed by atoms with E-state index in [1.807, 2.05) is 0 Å². The smallest absolute Gasteiger partial charge is 0.329 e. The van der Waals surface area contributed by atoms with E-state index in [1.165, 1.54) is 31.0 Å². The molecule has 2 rings (SSSR count). The lowest BCUT2D eigenvalue weighted by molar-refractivity contribution is -0.160. The fourth-order valence-electron chi connectivity index (χ4n) is 3.09. The van der Waals surface area contributed by atoms with Crippen molar-refractivity contribution >= 4 is 17.6 Å². The lowest BCUT2D eigenvalue weighted by Crippen LogP contribution is -2.36. The number of nitrogens with zero attached hydrogens (tertiary/aromatic N) is 2. The van der Waals surface area contributed by atoms with E-state index < -0.39 is 23.2 Å². The second-order valence-corrected chi connectivity index (χ2v) is 8.57. The summed E-state index contributed by atoms with van der Waals surface area (Å²) in [7, 11) is 2.98. The van der Waals surface area contributed by atoms with Gasteiger partial charge in [0.15, 0.2) is 0 Å². The van der Waals surface area contributed by atoms with Gasteiger partial charge in [0.05, 0.1) is 31.0 Å². The highest BCUT2D eigenvalue weighted by atomic mass is 35.5. The maximum absolute atomic E-state index is 13.1. The van der Waals surface area contributed by atoms with E-state index in [0.29, 0.717) is 27.5 Å². The molecule has 0 radical (unpaired) electrons. The van der Waals surface area contributed by atoms with Crippen molar-refractivity contribution in [3.05, 3.63) is 51.4 Å². The van der Waals surface area contributed by atoms with Crippen LogP contribution in [0.5, 0.6) is 5.75 Å². The van der Waals surface area contributed by atoms with E-state index in [4.69, 9.17) is 25.8 Å². The number of ether oxygens (including phenoxy) is 3. The van der Waals surface area contributed by atoms with Crippen LogP contribution in [0.2, 0.25) is 5.02 Å². The zero-order valence-corrected chi connectivity index (χ0v) is 19.3. The van der Waals surface area contributed by atoms with Crippen LogP contribution in [0.4, 0.5) is 0 Å². The molecule has 0 aliphatic rings. The molecule has 1 heterocycles. The number of rotatable bonds is 7. The summed E-state index contributed by atoms with van der Waals surface area (Å²) >= 11 is 6.11. The molecule has 31 heavy (non-hydrogen) atoms. The Balaban J connectivity index is 2.65. The summed E-state index contributed by atoms with van der Waals surface area (Å²) < 4.78 is 17.6. The van der Waals surface area contributed by atoms with Gasteiger partial charge in [0, 0.05) is 35.7 Å². The minimum Gasteiger partial charge on any atom is -0.495 e. The van der Waals surface area contributed by atoms with Crippen LogP contribution in [-0.2, 0) is 14.3 Å². The number of hydrogen-bond acceptors (Lipinski definition) is 6. The van der Waals surface area contributed by atoms with Crippen molar-refractivity contribution in [2.45, 2.75) is 51.9 Å². The Morgan fingerprint density at radius 2 is 1.90 bits per heavy atom. The van der Waals surface area contributed by atoms with E-state index in [-0.39, 0.29) is 12.5 Å². The largest absolute Gasteiger partial charge is 0.495 e. The van der Waals surface area contributed by atoms with Crippen LogP contribution in [0.1, 0.15) is 45.7 Å². The summed E-state index contributed by atoms with van der Waals surface area (Å²) in [5.74, 6) is -0.231. The molecule has 166 valence electrons.